The molecular formula is C20H32N2O4. The first-order valence-corrected chi connectivity index (χ1v) is 9.18. The van der Waals surface area contributed by atoms with Gasteiger partial charge in [-0.3, -0.25) is 0 Å². The summed E-state index contributed by atoms with van der Waals surface area (Å²) in [5.74, 6) is 0.881. The van der Waals surface area contributed by atoms with E-state index < -0.39 is 5.60 Å². The van der Waals surface area contributed by atoms with E-state index >= 15 is 0 Å². The molecule has 1 aliphatic heterocycles. The van der Waals surface area contributed by atoms with E-state index in [1.54, 1.807) is 7.11 Å². The van der Waals surface area contributed by atoms with E-state index in [4.69, 9.17) is 14.2 Å². The van der Waals surface area contributed by atoms with Crippen molar-refractivity contribution in [1.82, 2.24) is 4.90 Å². The molecule has 146 valence electrons. The zero-order valence-electron chi connectivity index (χ0n) is 16.9. The van der Waals surface area contributed by atoms with Crippen LogP contribution in [-0.4, -0.2) is 62.6 Å². The number of rotatable bonds is 5. The maximum atomic E-state index is 12.3. The van der Waals surface area contributed by atoms with Crippen molar-refractivity contribution in [3.63, 3.8) is 0 Å². The number of hydrogen-bond donors (Lipinski definition) is 0. The minimum atomic E-state index is -0.469. The molecule has 26 heavy (non-hydrogen) atoms. The SMILES string of the molecule is COCCOc1ccc(N2CCN(C(=O)OC(C)(C)C)C(C)C2)cc1C. The molecule has 1 unspecified atom stereocenters. The normalized spacial score (nSPS) is 18.0. The Hall–Kier alpha value is -1.95. The van der Waals surface area contributed by atoms with Crippen LogP contribution in [0, 0.1) is 6.92 Å². The number of amides is 1. The van der Waals surface area contributed by atoms with Gasteiger partial charge >= 0.3 is 6.09 Å². The predicted octanol–water partition coefficient (Wildman–Crippen LogP) is 3.47. The van der Waals surface area contributed by atoms with Gasteiger partial charge in [0.25, 0.3) is 0 Å². The van der Waals surface area contributed by atoms with Gasteiger partial charge in [-0.1, -0.05) is 0 Å². The number of nitrogens with zero attached hydrogens (tertiary/aromatic N) is 2. The highest BCUT2D eigenvalue weighted by Crippen LogP contribution is 2.27. The highest BCUT2D eigenvalue weighted by molar-refractivity contribution is 5.69. The topological polar surface area (TPSA) is 51.2 Å². The highest BCUT2D eigenvalue weighted by atomic mass is 16.6. The minimum absolute atomic E-state index is 0.0940. The molecule has 0 radical (unpaired) electrons. The largest absolute Gasteiger partial charge is 0.491 e. The van der Waals surface area contributed by atoms with E-state index in [0.29, 0.717) is 19.8 Å². The number of benzene rings is 1. The van der Waals surface area contributed by atoms with Crippen molar-refractivity contribution < 1.29 is 19.0 Å². The van der Waals surface area contributed by atoms with Gasteiger partial charge in [0.05, 0.1) is 6.61 Å². The van der Waals surface area contributed by atoms with Crippen molar-refractivity contribution in [2.24, 2.45) is 0 Å². The average Bonchev–Trinajstić information content (AvgIpc) is 2.54. The summed E-state index contributed by atoms with van der Waals surface area (Å²) >= 11 is 0. The molecule has 0 N–H and O–H groups in total. The van der Waals surface area contributed by atoms with Crippen molar-refractivity contribution in [2.45, 2.75) is 46.3 Å². The van der Waals surface area contributed by atoms with E-state index in [9.17, 15) is 4.79 Å². The third-order valence-corrected chi connectivity index (χ3v) is 4.32. The quantitative estimate of drug-likeness (QED) is 0.749. The van der Waals surface area contributed by atoms with Crippen molar-refractivity contribution in [3.8, 4) is 5.75 Å². The summed E-state index contributed by atoms with van der Waals surface area (Å²) < 4.78 is 16.3. The van der Waals surface area contributed by atoms with Crippen molar-refractivity contribution in [1.29, 1.82) is 0 Å². The lowest BCUT2D eigenvalue weighted by molar-refractivity contribution is 0.0159. The van der Waals surface area contributed by atoms with Crippen LogP contribution in [-0.2, 0) is 9.47 Å². The smallest absolute Gasteiger partial charge is 0.410 e. The van der Waals surface area contributed by atoms with E-state index in [1.807, 2.05) is 38.7 Å². The van der Waals surface area contributed by atoms with Gasteiger partial charge in [-0.05, 0) is 58.4 Å². The molecule has 0 aliphatic carbocycles. The Labute approximate surface area is 157 Å². The molecule has 6 nitrogen and oxygen atoms in total. The number of piperazine rings is 1. The van der Waals surface area contributed by atoms with Gasteiger partial charge < -0.3 is 24.0 Å². The summed E-state index contributed by atoms with van der Waals surface area (Å²) in [6.07, 6.45) is -0.234. The van der Waals surface area contributed by atoms with Crippen molar-refractivity contribution >= 4 is 11.8 Å². The molecule has 6 heteroatoms. The fourth-order valence-electron chi connectivity index (χ4n) is 3.01. The number of anilines is 1. The van der Waals surface area contributed by atoms with Crippen LogP contribution in [0.15, 0.2) is 18.2 Å². The Morgan fingerprint density at radius 1 is 1.23 bits per heavy atom. The predicted molar refractivity (Wildman–Crippen MR) is 103 cm³/mol. The number of carbonyl (C=O) groups excluding carboxylic acids is 1. The first kappa shape index (κ1) is 20.4. The summed E-state index contributed by atoms with van der Waals surface area (Å²) in [6, 6.07) is 6.31. The van der Waals surface area contributed by atoms with Crippen LogP contribution < -0.4 is 9.64 Å². The molecular weight excluding hydrogens is 332 g/mol. The molecule has 1 fully saturated rings. The Morgan fingerprint density at radius 3 is 2.54 bits per heavy atom. The third-order valence-electron chi connectivity index (χ3n) is 4.32. The summed E-state index contributed by atoms with van der Waals surface area (Å²) in [4.78, 5) is 16.5. The molecule has 0 spiro atoms. The first-order chi connectivity index (χ1) is 12.2. The van der Waals surface area contributed by atoms with Crippen molar-refractivity contribution in [3.05, 3.63) is 23.8 Å². The van der Waals surface area contributed by atoms with E-state index in [2.05, 4.69) is 24.0 Å². The van der Waals surface area contributed by atoms with E-state index in [0.717, 1.165) is 30.1 Å². The van der Waals surface area contributed by atoms with Crippen LogP contribution >= 0.6 is 0 Å². The zero-order chi connectivity index (χ0) is 19.3. The fraction of sp³-hybridized carbons (Fsp3) is 0.650. The zero-order valence-corrected chi connectivity index (χ0v) is 16.9. The van der Waals surface area contributed by atoms with Crippen LogP contribution in [0.1, 0.15) is 33.3 Å². The number of methoxy groups -OCH3 is 1. The second-order valence-corrected chi connectivity index (χ2v) is 7.76. The summed E-state index contributed by atoms with van der Waals surface area (Å²) in [7, 11) is 1.66. The molecule has 0 bridgehead atoms. The Bertz CT molecular complexity index is 612. The molecule has 1 saturated heterocycles. The number of carbonyl (C=O) groups is 1. The van der Waals surface area contributed by atoms with Gasteiger partial charge in [-0.25, -0.2) is 4.79 Å². The van der Waals surface area contributed by atoms with Crippen LogP contribution in [0.2, 0.25) is 0 Å². The molecule has 0 aromatic heterocycles. The van der Waals surface area contributed by atoms with Gasteiger partial charge in [0.15, 0.2) is 0 Å². The maximum absolute atomic E-state index is 12.3. The Kier molecular flexibility index (Phi) is 6.75. The molecule has 1 aromatic carbocycles. The molecule has 1 atom stereocenters. The lowest BCUT2D eigenvalue weighted by Crippen LogP contribution is -2.55. The summed E-state index contributed by atoms with van der Waals surface area (Å²) in [6.45, 7) is 13.1. The minimum Gasteiger partial charge on any atom is -0.491 e. The molecule has 2 rings (SSSR count). The van der Waals surface area contributed by atoms with Crippen LogP contribution in [0.25, 0.3) is 0 Å². The third kappa shape index (κ3) is 5.53. The van der Waals surface area contributed by atoms with Gasteiger partial charge in [0.1, 0.15) is 18.0 Å². The van der Waals surface area contributed by atoms with Gasteiger partial charge in [-0.15, -0.1) is 0 Å². The number of hydrogen-bond acceptors (Lipinski definition) is 5. The van der Waals surface area contributed by atoms with Gasteiger partial charge in [0, 0.05) is 38.5 Å². The number of aryl methyl sites for hydroxylation is 1. The van der Waals surface area contributed by atoms with Gasteiger partial charge in [-0.2, -0.15) is 0 Å². The molecule has 1 amide bonds. The van der Waals surface area contributed by atoms with Crippen LogP contribution in [0.5, 0.6) is 5.75 Å². The lowest BCUT2D eigenvalue weighted by atomic mass is 10.1. The first-order valence-electron chi connectivity index (χ1n) is 9.18. The molecule has 1 aliphatic rings. The van der Waals surface area contributed by atoms with Crippen LogP contribution in [0.3, 0.4) is 0 Å². The Balaban J connectivity index is 1.98. The Morgan fingerprint density at radius 2 is 1.96 bits per heavy atom. The summed E-state index contributed by atoms with van der Waals surface area (Å²) in [5.41, 5.74) is 1.78. The molecule has 1 heterocycles. The second-order valence-electron chi connectivity index (χ2n) is 7.76. The molecule has 0 saturated carbocycles. The average molecular weight is 364 g/mol. The standard InChI is InChI=1S/C20H32N2O4/c1-15-13-17(7-8-18(15)25-12-11-24-6)21-9-10-22(16(2)14-21)19(23)26-20(3,4)5/h7-8,13,16H,9-12,14H2,1-6H3. The van der Waals surface area contributed by atoms with E-state index in [-0.39, 0.29) is 12.1 Å². The van der Waals surface area contributed by atoms with E-state index in [1.165, 1.54) is 0 Å². The number of ether oxygens (including phenoxy) is 3. The van der Waals surface area contributed by atoms with Crippen molar-refractivity contribution in [2.75, 3.05) is 44.9 Å². The monoisotopic (exact) mass is 364 g/mol. The summed E-state index contributed by atoms with van der Waals surface area (Å²) in [5, 5.41) is 0. The van der Waals surface area contributed by atoms with Gasteiger partial charge in [0.2, 0.25) is 0 Å². The van der Waals surface area contributed by atoms with Crippen LogP contribution in [0.4, 0.5) is 10.5 Å². The molecule has 1 aromatic rings. The second kappa shape index (κ2) is 8.62. The maximum Gasteiger partial charge on any atom is 0.410 e. The lowest BCUT2D eigenvalue weighted by Gasteiger charge is -2.41. The highest BCUT2D eigenvalue weighted by Gasteiger charge is 2.31. The fourth-order valence-corrected chi connectivity index (χ4v) is 3.01.